The summed E-state index contributed by atoms with van der Waals surface area (Å²) in [6.45, 7) is 1.96. The molecule has 0 saturated heterocycles. The van der Waals surface area contributed by atoms with Crippen molar-refractivity contribution in [3.05, 3.63) is 62.8 Å². The van der Waals surface area contributed by atoms with Crippen LogP contribution in [-0.4, -0.2) is 4.98 Å². The van der Waals surface area contributed by atoms with E-state index in [9.17, 15) is 0 Å². The third-order valence-corrected chi connectivity index (χ3v) is 3.75. The van der Waals surface area contributed by atoms with Crippen molar-refractivity contribution >= 4 is 27.5 Å². The van der Waals surface area contributed by atoms with Crippen molar-refractivity contribution in [2.24, 2.45) is 5.84 Å². The Morgan fingerprint density at radius 3 is 2.79 bits per heavy atom. The SMILES string of the molecule is Cc1cccc(C(Cc2ccc(Br)cc2Cl)NN)n1. The average molecular weight is 341 g/mol. The molecule has 1 unspecified atom stereocenters. The molecule has 0 bridgehead atoms. The highest BCUT2D eigenvalue weighted by Gasteiger charge is 2.14. The molecule has 0 aliphatic heterocycles. The van der Waals surface area contributed by atoms with Gasteiger partial charge in [0, 0.05) is 15.2 Å². The second-order valence-corrected chi connectivity index (χ2v) is 5.69. The number of benzene rings is 1. The molecule has 0 aliphatic rings. The number of hydrazine groups is 1. The summed E-state index contributed by atoms with van der Waals surface area (Å²) in [5.41, 5.74) is 5.73. The van der Waals surface area contributed by atoms with Gasteiger partial charge in [-0.25, -0.2) is 0 Å². The van der Waals surface area contributed by atoms with E-state index in [0.717, 1.165) is 26.4 Å². The Balaban J connectivity index is 2.24. The lowest BCUT2D eigenvalue weighted by Crippen LogP contribution is -2.30. The molecule has 0 amide bonds. The number of nitrogens with two attached hydrogens (primary N) is 1. The summed E-state index contributed by atoms with van der Waals surface area (Å²) < 4.78 is 0.965. The van der Waals surface area contributed by atoms with Crippen LogP contribution in [-0.2, 0) is 6.42 Å². The monoisotopic (exact) mass is 339 g/mol. The summed E-state index contributed by atoms with van der Waals surface area (Å²) in [5.74, 6) is 5.64. The highest BCUT2D eigenvalue weighted by Crippen LogP contribution is 2.25. The molecule has 0 spiro atoms. The maximum atomic E-state index is 6.23. The summed E-state index contributed by atoms with van der Waals surface area (Å²) in [6, 6.07) is 11.7. The average Bonchev–Trinajstić information content (AvgIpc) is 2.38. The molecule has 3 N–H and O–H groups in total. The lowest BCUT2D eigenvalue weighted by molar-refractivity contribution is 0.537. The number of nitrogens with one attached hydrogen (secondary N) is 1. The van der Waals surface area contributed by atoms with Crippen LogP contribution in [0.5, 0.6) is 0 Å². The minimum absolute atomic E-state index is 0.0569. The highest BCUT2D eigenvalue weighted by atomic mass is 79.9. The smallest absolute Gasteiger partial charge is 0.0673 e. The second kappa shape index (κ2) is 6.48. The van der Waals surface area contributed by atoms with Crippen LogP contribution in [0, 0.1) is 6.92 Å². The van der Waals surface area contributed by atoms with Gasteiger partial charge >= 0.3 is 0 Å². The zero-order chi connectivity index (χ0) is 13.8. The quantitative estimate of drug-likeness (QED) is 0.661. The first kappa shape index (κ1) is 14.5. The number of halogens is 2. The molecule has 0 fully saturated rings. The van der Waals surface area contributed by atoms with Crippen molar-refractivity contribution < 1.29 is 0 Å². The van der Waals surface area contributed by atoms with Gasteiger partial charge in [0.15, 0.2) is 0 Å². The first-order valence-corrected chi connectivity index (χ1v) is 7.11. The standard InChI is InChI=1S/C14H15BrClN3/c1-9-3-2-4-13(18-9)14(19-17)7-10-5-6-11(15)8-12(10)16/h2-6,8,14,19H,7,17H2,1H3. The van der Waals surface area contributed by atoms with Gasteiger partial charge in [-0.3, -0.25) is 16.3 Å². The largest absolute Gasteiger partial charge is 0.271 e. The van der Waals surface area contributed by atoms with Crippen LogP contribution in [0.2, 0.25) is 5.02 Å². The molecule has 3 nitrogen and oxygen atoms in total. The fourth-order valence-corrected chi connectivity index (χ4v) is 2.66. The van der Waals surface area contributed by atoms with Gasteiger partial charge in [-0.05, 0) is 43.2 Å². The third-order valence-electron chi connectivity index (χ3n) is 2.91. The topological polar surface area (TPSA) is 50.9 Å². The molecule has 1 heterocycles. The fraction of sp³-hybridized carbons (Fsp3) is 0.214. The predicted octanol–water partition coefficient (Wildman–Crippen LogP) is 3.55. The summed E-state index contributed by atoms with van der Waals surface area (Å²) in [4.78, 5) is 4.49. The minimum Gasteiger partial charge on any atom is -0.271 e. The first-order valence-electron chi connectivity index (χ1n) is 5.94. The number of aromatic nitrogens is 1. The first-order chi connectivity index (χ1) is 9.10. The van der Waals surface area contributed by atoms with E-state index in [0.29, 0.717) is 6.42 Å². The predicted molar refractivity (Wildman–Crippen MR) is 81.9 cm³/mol. The fourth-order valence-electron chi connectivity index (χ4n) is 1.91. The molecule has 2 aromatic rings. The summed E-state index contributed by atoms with van der Waals surface area (Å²) in [6.07, 6.45) is 0.694. The van der Waals surface area contributed by atoms with Crippen molar-refractivity contribution in [3.63, 3.8) is 0 Å². The number of hydrogen-bond acceptors (Lipinski definition) is 3. The molecule has 1 atom stereocenters. The van der Waals surface area contributed by atoms with E-state index >= 15 is 0 Å². The molecule has 100 valence electrons. The summed E-state index contributed by atoms with van der Waals surface area (Å²) in [7, 11) is 0. The number of pyridine rings is 1. The molecule has 2 rings (SSSR count). The Labute approximate surface area is 126 Å². The van der Waals surface area contributed by atoms with E-state index in [1.54, 1.807) is 0 Å². The number of hydrogen-bond donors (Lipinski definition) is 2. The molecule has 1 aromatic heterocycles. The Morgan fingerprint density at radius 2 is 2.16 bits per heavy atom. The lowest BCUT2D eigenvalue weighted by Gasteiger charge is -2.16. The van der Waals surface area contributed by atoms with Crippen LogP contribution in [0.25, 0.3) is 0 Å². The summed E-state index contributed by atoms with van der Waals surface area (Å²) >= 11 is 9.63. The van der Waals surface area contributed by atoms with Crippen molar-refractivity contribution in [2.45, 2.75) is 19.4 Å². The van der Waals surface area contributed by atoms with E-state index in [1.807, 2.05) is 43.3 Å². The zero-order valence-corrected chi connectivity index (χ0v) is 12.9. The molecule has 0 aliphatic carbocycles. The molecule has 0 saturated carbocycles. The van der Waals surface area contributed by atoms with Gasteiger partial charge in [-0.15, -0.1) is 0 Å². The van der Waals surface area contributed by atoms with Crippen LogP contribution in [0.15, 0.2) is 40.9 Å². The number of aryl methyl sites for hydroxylation is 1. The number of nitrogens with zero attached hydrogens (tertiary/aromatic N) is 1. The Hall–Kier alpha value is -0.940. The van der Waals surface area contributed by atoms with Gasteiger partial charge < -0.3 is 0 Å². The van der Waals surface area contributed by atoms with Crippen LogP contribution in [0.3, 0.4) is 0 Å². The molecule has 19 heavy (non-hydrogen) atoms. The van der Waals surface area contributed by atoms with Gasteiger partial charge in [0.05, 0.1) is 11.7 Å². The normalized spacial score (nSPS) is 12.4. The lowest BCUT2D eigenvalue weighted by atomic mass is 10.0. The molecular formula is C14H15BrClN3. The minimum atomic E-state index is -0.0569. The van der Waals surface area contributed by atoms with Crippen LogP contribution < -0.4 is 11.3 Å². The van der Waals surface area contributed by atoms with E-state index in [4.69, 9.17) is 17.4 Å². The van der Waals surface area contributed by atoms with Crippen LogP contribution >= 0.6 is 27.5 Å². The van der Waals surface area contributed by atoms with Gasteiger partial charge in [0.2, 0.25) is 0 Å². The Bertz CT molecular complexity index is 574. The maximum absolute atomic E-state index is 6.23. The van der Waals surface area contributed by atoms with E-state index in [-0.39, 0.29) is 6.04 Å². The molecule has 5 heteroatoms. The van der Waals surface area contributed by atoms with Crippen molar-refractivity contribution in [1.29, 1.82) is 0 Å². The van der Waals surface area contributed by atoms with E-state index in [2.05, 4.69) is 26.3 Å². The van der Waals surface area contributed by atoms with Crippen LogP contribution in [0.1, 0.15) is 23.0 Å². The van der Waals surface area contributed by atoms with Crippen molar-refractivity contribution in [2.75, 3.05) is 0 Å². The van der Waals surface area contributed by atoms with Gasteiger partial charge in [-0.1, -0.05) is 39.7 Å². The Morgan fingerprint density at radius 1 is 1.37 bits per heavy atom. The zero-order valence-electron chi connectivity index (χ0n) is 10.5. The van der Waals surface area contributed by atoms with Gasteiger partial charge in [-0.2, -0.15) is 0 Å². The molecular weight excluding hydrogens is 326 g/mol. The van der Waals surface area contributed by atoms with Crippen molar-refractivity contribution in [3.8, 4) is 0 Å². The van der Waals surface area contributed by atoms with E-state index in [1.165, 1.54) is 0 Å². The van der Waals surface area contributed by atoms with Gasteiger partial charge in [0.1, 0.15) is 0 Å². The maximum Gasteiger partial charge on any atom is 0.0673 e. The highest BCUT2D eigenvalue weighted by molar-refractivity contribution is 9.10. The van der Waals surface area contributed by atoms with Crippen molar-refractivity contribution in [1.82, 2.24) is 10.4 Å². The Kier molecular flexibility index (Phi) is 4.93. The third kappa shape index (κ3) is 3.76. The van der Waals surface area contributed by atoms with E-state index < -0.39 is 0 Å². The van der Waals surface area contributed by atoms with Crippen LogP contribution in [0.4, 0.5) is 0 Å². The second-order valence-electron chi connectivity index (χ2n) is 4.36. The molecule has 0 radical (unpaired) electrons. The molecule has 1 aromatic carbocycles. The van der Waals surface area contributed by atoms with Gasteiger partial charge in [0.25, 0.3) is 0 Å². The number of rotatable bonds is 4. The summed E-state index contributed by atoms with van der Waals surface area (Å²) in [5, 5.41) is 0.724.